The first-order chi connectivity index (χ1) is 16.8. The number of carbonyl (C=O) groups is 2. The molecular formula is C24H20ClFIN3O4S. The standard InChI is InChI=1S/C24H20ClFIN3O4S/c1-33-21-11-15(12-28-30-23(32)14-35-19-8-2-16(25)3-9-19)10-20(27)24(21)34-13-22(31)29-18-6-4-17(26)5-7-18/h2-12H,13-14H2,1H3,(H,29,31)(H,30,32)/b28-12-. The normalized spacial score (nSPS) is 10.7. The minimum Gasteiger partial charge on any atom is -0.493 e. The average Bonchev–Trinajstić information content (AvgIpc) is 2.84. The monoisotopic (exact) mass is 627 g/mol. The SMILES string of the molecule is COc1cc(/C=N\NC(=O)CSc2ccc(Cl)cc2)cc(I)c1OCC(=O)Nc1ccc(F)cc1. The molecule has 3 aromatic carbocycles. The lowest BCUT2D eigenvalue weighted by Gasteiger charge is -2.13. The van der Waals surface area contributed by atoms with Crippen molar-refractivity contribution in [3.63, 3.8) is 0 Å². The minimum absolute atomic E-state index is 0.201. The van der Waals surface area contributed by atoms with Crippen LogP contribution in [0.5, 0.6) is 11.5 Å². The van der Waals surface area contributed by atoms with Crippen molar-refractivity contribution in [1.82, 2.24) is 5.43 Å². The summed E-state index contributed by atoms with van der Waals surface area (Å²) < 4.78 is 24.7. The fourth-order valence-electron chi connectivity index (χ4n) is 2.71. The predicted molar refractivity (Wildman–Crippen MR) is 144 cm³/mol. The van der Waals surface area contributed by atoms with E-state index in [2.05, 4.69) is 38.4 Å². The number of ether oxygens (including phenoxy) is 2. The summed E-state index contributed by atoms with van der Waals surface area (Å²) in [6, 6.07) is 16.1. The van der Waals surface area contributed by atoms with Gasteiger partial charge in [-0.3, -0.25) is 9.59 Å². The van der Waals surface area contributed by atoms with Crippen molar-refractivity contribution in [2.24, 2.45) is 5.10 Å². The van der Waals surface area contributed by atoms with Crippen molar-refractivity contribution in [3.05, 3.63) is 80.6 Å². The van der Waals surface area contributed by atoms with E-state index in [9.17, 15) is 14.0 Å². The molecule has 0 saturated heterocycles. The maximum absolute atomic E-state index is 13.0. The molecule has 35 heavy (non-hydrogen) atoms. The Balaban J connectivity index is 1.53. The van der Waals surface area contributed by atoms with Crippen LogP contribution < -0.4 is 20.2 Å². The van der Waals surface area contributed by atoms with Crippen molar-refractivity contribution in [3.8, 4) is 11.5 Å². The molecule has 3 aromatic rings. The minimum atomic E-state index is -0.403. The van der Waals surface area contributed by atoms with E-state index in [1.807, 2.05) is 12.1 Å². The smallest absolute Gasteiger partial charge is 0.262 e. The van der Waals surface area contributed by atoms with Crippen molar-refractivity contribution < 1.29 is 23.5 Å². The van der Waals surface area contributed by atoms with E-state index in [0.29, 0.717) is 31.3 Å². The third-order valence-electron chi connectivity index (χ3n) is 4.31. The van der Waals surface area contributed by atoms with Crippen LogP contribution in [0.15, 0.2) is 70.7 Å². The first-order valence-electron chi connectivity index (χ1n) is 10.1. The summed E-state index contributed by atoms with van der Waals surface area (Å²) in [7, 11) is 1.48. The van der Waals surface area contributed by atoms with Gasteiger partial charge in [0.05, 0.1) is 22.6 Å². The van der Waals surface area contributed by atoms with E-state index in [1.54, 1.807) is 24.3 Å². The molecule has 0 atom stereocenters. The second-order valence-corrected chi connectivity index (χ2v) is 9.56. The average molecular weight is 628 g/mol. The summed E-state index contributed by atoms with van der Waals surface area (Å²) >= 11 is 9.28. The topological polar surface area (TPSA) is 89.0 Å². The van der Waals surface area contributed by atoms with Crippen LogP contribution in [0.25, 0.3) is 0 Å². The summed E-state index contributed by atoms with van der Waals surface area (Å²) in [5.74, 6) is -0.0552. The van der Waals surface area contributed by atoms with E-state index >= 15 is 0 Å². The molecule has 3 rings (SSSR count). The Morgan fingerprint density at radius 1 is 1.11 bits per heavy atom. The number of rotatable bonds is 10. The Labute approximate surface area is 224 Å². The number of hydrogen-bond acceptors (Lipinski definition) is 6. The third-order valence-corrected chi connectivity index (χ3v) is 6.38. The summed E-state index contributed by atoms with van der Waals surface area (Å²) in [6.07, 6.45) is 1.49. The first kappa shape index (κ1) is 26.8. The zero-order valence-electron chi connectivity index (χ0n) is 18.4. The molecular weight excluding hydrogens is 608 g/mol. The van der Waals surface area contributed by atoms with Gasteiger partial charge in [-0.25, -0.2) is 9.82 Å². The summed E-state index contributed by atoms with van der Waals surface area (Å²) in [4.78, 5) is 25.1. The molecule has 0 aromatic heterocycles. The molecule has 0 heterocycles. The Morgan fingerprint density at radius 2 is 1.83 bits per heavy atom. The van der Waals surface area contributed by atoms with Crippen LogP contribution in [0.1, 0.15) is 5.56 Å². The predicted octanol–water partition coefficient (Wildman–Crippen LogP) is 5.35. The molecule has 7 nitrogen and oxygen atoms in total. The van der Waals surface area contributed by atoms with Crippen molar-refractivity contribution in [1.29, 1.82) is 0 Å². The molecule has 0 fully saturated rings. The number of thioether (sulfide) groups is 1. The van der Waals surface area contributed by atoms with Gasteiger partial charge in [-0.2, -0.15) is 5.10 Å². The number of carbonyl (C=O) groups excluding carboxylic acids is 2. The van der Waals surface area contributed by atoms with E-state index < -0.39 is 11.7 Å². The summed E-state index contributed by atoms with van der Waals surface area (Å²) in [5, 5.41) is 7.26. The number of methoxy groups -OCH3 is 1. The van der Waals surface area contributed by atoms with Crippen LogP contribution >= 0.6 is 46.0 Å². The number of anilines is 1. The first-order valence-corrected chi connectivity index (χ1v) is 12.5. The van der Waals surface area contributed by atoms with E-state index in [0.717, 1.165) is 4.90 Å². The van der Waals surface area contributed by atoms with Gasteiger partial charge in [-0.05, 0) is 88.8 Å². The molecule has 0 radical (unpaired) electrons. The molecule has 0 aliphatic rings. The van der Waals surface area contributed by atoms with Gasteiger partial charge in [-0.15, -0.1) is 11.8 Å². The molecule has 2 N–H and O–H groups in total. The lowest BCUT2D eigenvalue weighted by molar-refractivity contribution is -0.119. The Bertz CT molecular complexity index is 1210. The van der Waals surface area contributed by atoms with Gasteiger partial charge in [0.15, 0.2) is 18.1 Å². The molecule has 182 valence electrons. The highest BCUT2D eigenvalue weighted by atomic mass is 127. The molecule has 11 heteroatoms. The number of hydrogen-bond donors (Lipinski definition) is 2. The van der Waals surface area contributed by atoms with Crippen LogP contribution in [-0.4, -0.2) is 37.5 Å². The zero-order chi connectivity index (χ0) is 25.2. The van der Waals surface area contributed by atoms with Gasteiger partial charge >= 0.3 is 0 Å². The zero-order valence-corrected chi connectivity index (χ0v) is 22.1. The molecule has 0 unspecified atom stereocenters. The number of amides is 2. The molecule has 0 saturated carbocycles. The highest BCUT2D eigenvalue weighted by Gasteiger charge is 2.13. The molecule has 2 amide bonds. The van der Waals surface area contributed by atoms with Gasteiger partial charge in [-0.1, -0.05) is 11.6 Å². The van der Waals surface area contributed by atoms with Gasteiger partial charge in [0, 0.05) is 15.6 Å². The van der Waals surface area contributed by atoms with Crippen LogP contribution in [0.4, 0.5) is 10.1 Å². The fraction of sp³-hybridized carbons (Fsp3) is 0.125. The van der Waals surface area contributed by atoms with Gasteiger partial charge in [0.25, 0.3) is 5.91 Å². The molecule has 0 spiro atoms. The molecule has 0 aliphatic carbocycles. The van der Waals surface area contributed by atoms with Crippen molar-refractivity contribution in [2.75, 3.05) is 24.8 Å². The number of nitrogens with zero attached hydrogens (tertiary/aromatic N) is 1. The summed E-state index contributed by atoms with van der Waals surface area (Å²) in [5.41, 5.74) is 3.61. The number of nitrogens with one attached hydrogen (secondary N) is 2. The quantitative estimate of drug-likeness (QED) is 0.137. The van der Waals surface area contributed by atoms with Crippen molar-refractivity contribution >= 4 is 69.7 Å². The Kier molecular flexibility index (Phi) is 10.2. The maximum atomic E-state index is 13.0. The van der Waals surface area contributed by atoms with E-state index in [1.165, 1.54) is 49.4 Å². The van der Waals surface area contributed by atoms with Crippen LogP contribution in [0.3, 0.4) is 0 Å². The van der Waals surface area contributed by atoms with Crippen molar-refractivity contribution in [2.45, 2.75) is 4.90 Å². The van der Waals surface area contributed by atoms with Crippen LogP contribution in [0, 0.1) is 9.39 Å². The van der Waals surface area contributed by atoms with E-state index in [-0.39, 0.29) is 18.3 Å². The molecule has 0 bridgehead atoms. The second-order valence-electron chi connectivity index (χ2n) is 6.91. The molecule has 0 aliphatic heterocycles. The second kappa shape index (κ2) is 13.3. The maximum Gasteiger partial charge on any atom is 0.262 e. The van der Waals surface area contributed by atoms with Gasteiger partial charge in [0.1, 0.15) is 5.82 Å². The highest BCUT2D eigenvalue weighted by molar-refractivity contribution is 14.1. The van der Waals surface area contributed by atoms with Gasteiger partial charge in [0.2, 0.25) is 5.91 Å². The lowest BCUT2D eigenvalue weighted by atomic mass is 10.2. The van der Waals surface area contributed by atoms with Crippen LogP contribution in [0.2, 0.25) is 5.02 Å². The lowest BCUT2D eigenvalue weighted by Crippen LogP contribution is -2.20. The third kappa shape index (κ3) is 8.71. The fourth-order valence-corrected chi connectivity index (χ4v) is 4.31. The number of halogens is 3. The van der Waals surface area contributed by atoms with E-state index in [4.69, 9.17) is 21.1 Å². The Morgan fingerprint density at radius 3 is 2.51 bits per heavy atom. The largest absolute Gasteiger partial charge is 0.493 e. The number of hydrazone groups is 1. The summed E-state index contributed by atoms with van der Waals surface area (Å²) in [6.45, 7) is -0.265. The highest BCUT2D eigenvalue weighted by Crippen LogP contribution is 2.33. The Hall–Kier alpha value is -2.83. The van der Waals surface area contributed by atoms with Crippen LogP contribution in [-0.2, 0) is 9.59 Å². The van der Waals surface area contributed by atoms with Gasteiger partial charge < -0.3 is 14.8 Å². The number of benzene rings is 3.